The van der Waals surface area contributed by atoms with Gasteiger partial charge in [-0.2, -0.15) is 0 Å². The Balaban J connectivity index is 2.57. The van der Waals surface area contributed by atoms with Crippen molar-refractivity contribution in [1.82, 2.24) is 0 Å². The summed E-state index contributed by atoms with van der Waals surface area (Å²) >= 11 is 0. The molecule has 0 spiro atoms. The van der Waals surface area contributed by atoms with Crippen molar-refractivity contribution in [2.45, 2.75) is 33.1 Å². The molecule has 1 rings (SSSR count). The van der Waals surface area contributed by atoms with Crippen LogP contribution in [0.5, 0.6) is 0 Å². The number of esters is 1. The average Bonchev–Trinajstić information content (AvgIpc) is 2.47. The molecule has 0 bridgehead atoms. The molecule has 0 aromatic rings. The van der Waals surface area contributed by atoms with Gasteiger partial charge >= 0.3 is 5.97 Å². The first-order chi connectivity index (χ1) is 6.19. The van der Waals surface area contributed by atoms with E-state index in [9.17, 15) is 9.59 Å². The standard InChI is InChI=1S/C10H16O3/c1-3-7-5-8(11)6-9(7)10(12)13-4-2/h7,9H,3-6H2,1-2H3/t7-,9?/m1/s1. The second-order valence-corrected chi connectivity index (χ2v) is 3.47. The third kappa shape index (κ3) is 2.29. The highest BCUT2D eigenvalue weighted by Crippen LogP contribution is 2.32. The van der Waals surface area contributed by atoms with E-state index in [2.05, 4.69) is 0 Å². The monoisotopic (exact) mass is 184 g/mol. The van der Waals surface area contributed by atoms with Crippen LogP contribution in [0.1, 0.15) is 33.1 Å². The van der Waals surface area contributed by atoms with E-state index in [0.29, 0.717) is 19.4 Å². The number of hydrogen-bond donors (Lipinski definition) is 0. The Morgan fingerprint density at radius 1 is 1.46 bits per heavy atom. The Morgan fingerprint density at radius 3 is 2.69 bits per heavy atom. The van der Waals surface area contributed by atoms with Crippen LogP contribution in [0.25, 0.3) is 0 Å². The number of rotatable bonds is 3. The van der Waals surface area contributed by atoms with E-state index in [4.69, 9.17) is 4.74 Å². The lowest BCUT2D eigenvalue weighted by molar-refractivity contribution is -0.149. The van der Waals surface area contributed by atoms with Gasteiger partial charge in [-0.15, -0.1) is 0 Å². The molecule has 0 N–H and O–H groups in total. The molecule has 13 heavy (non-hydrogen) atoms. The quantitative estimate of drug-likeness (QED) is 0.625. The van der Waals surface area contributed by atoms with Gasteiger partial charge in [0.05, 0.1) is 12.5 Å². The van der Waals surface area contributed by atoms with Crippen LogP contribution in [0.4, 0.5) is 0 Å². The maximum absolute atomic E-state index is 11.4. The summed E-state index contributed by atoms with van der Waals surface area (Å²) in [5.41, 5.74) is 0. The van der Waals surface area contributed by atoms with Crippen molar-refractivity contribution in [2.75, 3.05) is 6.61 Å². The van der Waals surface area contributed by atoms with Crippen molar-refractivity contribution in [3.63, 3.8) is 0 Å². The molecule has 74 valence electrons. The van der Waals surface area contributed by atoms with Crippen LogP contribution in [0, 0.1) is 11.8 Å². The van der Waals surface area contributed by atoms with Gasteiger partial charge in [0, 0.05) is 12.8 Å². The molecule has 0 aromatic carbocycles. The normalized spacial score (nSPS) is 27.7. The molecular weight excluding hydrogens is 168 g/mol. The number of Topliss-reactive ketones (excluding diaryl/α,β-unsaturated/α-hetero) is 1. The van der Waals surface area contributed by atoms with Crippen LogP contribution < -0.4 is 0 Å². The second kappa shape index (κ2) is 4.40. The van der Waals surface area contributed by atoms with Gasteiger partial charge in [-0.25, -0.2) is 0 Å². The van der Waals surface area contributed by atoms with E-state index in [1.54, 1.807) is 6.92 Å². The highest BCUT2D eigenvalue weighted by Gasteiger charge is 2.37. The molecule has 0 saturated heterocycles. The van der Waals surface area contributed by atoms with Gasteiger partial charge in [-0.05, 0) is 12.8 Å². The summed E-state index contributed by atoms with van der Waals surface area (Å²) in [5.74, 6) is 0.0501. The number of carbonyl (C=O) groups excluding carboxylic acids is 2. The molecule has 3 heteroatoms. The zero-order chi connectivity index (χ0) is 9.84. The van der Waals surface area contributed by atoms with Crippen LogP contribution in [0.15, 0.2) is 0 Å². The predicted octanol–water partition coefficient (Wildman–Crippen LogP) is 1.55. The number of ketones is 1. The fourth-order valence-corrected chi connectivity index (χ4v) is 1.88. The van der Waals surface area contributed by atoms with Crippen molar-refractivity contribution in [3.8, 4) is 0 Å². The summed E-state index contributed by atoms with van der Waals surface area (Å²) in [5, 5.41) is 0. The molecule has 3 nitrogen and oxygen atoms in total. The van der Waals surface area contributed by atoms with E-state index in [0.717, 1.165) is 6.42 Å². The fourth-order valence-electron chi connectivity index (χ4n) is 1.88. The Hall–Kier alpha value is -0.860. The molecule has 0 heterocycles. The molecule has 0 aliphatic heterocycles. The van der Waals surface area contributed by atoms with E-state index in [1.807, 2.05) is 6.92 Å². The second-order valence-electron chi connectivity index (χ2n) is 3.47. The Morgan fingerprint density at radius 2 is 2.15 bits per heavy atom. The summed E-state index contributed by atoms with van der Waals surface area (Å²) in [4.78, 5) is 22.5. The summed E-state index contributed by atoms with van der Waals surface area (Å²) < 4.78 is 4.92. The Kier molecular flexibility index (Phi) is 3.46. The summed E-state index contributed by atoms with van der Waals surface area (Å²) in [6.07, 6.45) is 1.83. The van der Waals surface area contributed by atoms with Gasteiger partial charge in [0.1, 0.15) is 5.78 Å². The van der Waals surface area contributed by atoms with Crippen molar-refractivity contribution in [1.29, 1.82) is 0 Å². The fraction of sp³-hybridized carbons (Fsp3) is 0.800. The summed E-state index contributed by atoms with van der Waals surface area (Å²) in [6.45, 7) is 4.20. The summed E-state index contributed by atoms with van der Waals surface area (Å²) in [7, 11) is 0. The first-order valence-electron chi connectivity index (χ1n) is 4.87. The van der Waals surface area contributed by atoms with Gasteiger partial charge in [-0.1, -0.05) is 13.3 Å². The van der Waals surface area contributed by atoms with E-state index < -0.39 is 0 Å². The third-order valence-corrected chi connectivity index (χ3v) is 2.62. The highest BCUT2D eigenvalue weighted by molar-refractivity contribution is 5.88. The lowest BCUT2D eigenvalue weighted by Gasteiger charge is -2.14. The molecule has 0 radical (unpaired) electrons. The number of ether oxygens (including phenoxy) is 1. The highest BCUT2D eigenvalue weighted by atomic mass is 16.5. The first kappa shape index (κ1) is 10.2. The van der Waals surface area contributed by atoms with Crippen LogP contribution in [0.2, 0.25) is 0 Å². The largest absolute Gasteiger partial charge is 0.466 e. The first-order valence-corrected chi connectivity index (χ1v) is 4.87. The van der Waals surface area contributed by atoms with E-state index in [-0.39, 0.29) is 23.6 Å². The van der Waals surface area contributed by atoms with Crippen molar-refractivity contribution in [2.24, 2.45) is 11.8 Å². The van der Waals surface area contributed by atoms with Gasteiger partial charge < -0.3 is 4.74 Å². The maximum atomic E-state index is 11.4. The molecule has 1 saturated carbocycles. The number of carbonyl (C=O) groups is 2. The molecule has 2 atom stereocenters. The van der Waals surface area contributed by atoms with E-state index >= 15 is 0 Å². The van der Waals surface area contributed by atoms with Crippen LogP contribution in [0.3, 0.4) is 0 Å². The smallest absolute Gasteiger partial charge is 0.309 e. The topological polar surface area (TPSA) is 43.4 Å². The lowest BCUT2D eigenvalue weighted by atomic mass is 9.94. The molecule has 1 unspecified atom stereocenters. The van der Waals surface area contributed by atoms with E-state index in [1.165, 1.54) is 0 Å². The van der Waals surface area contributed by atoms with Gasteiger partial charge in [0.25, 0.3) is 0 Å². The minimum absolute atomic E-state index is 0.169. The van der Waals surface area contributed by atoms with Crippen molar-refractivity contribution < 1.29 is 14.3 Å². The zero-order valence-corrected chi connectivity index (χ0v) is 8.21. The van der Waals surface area contributed by atoms with Crippen LogP contribution in [-0.2, 0) is 14.3 Å². The van der Waals surface area contributed by atoms with Crippen molar-refractivity contribution >= 4 is 11.8 Å². The lowest BCUT2D eigenvalue weighted by Crippen LogP contribution is -2.21. The molecule has 0 aromatic heterocycles. The Labute approximate surface area is 78.5 Å². The SMILES string of the molecule is CCOC(=O)C1CC(=O)C[C@H]1CC. The predicted molar refractivity (Wildman–Crippen MR) is 48.1 cm³/mol. The zero-order valence-electron chi connectivity index (χ0n) is 8.21. The molecular formula is C10H16O3. The minimum atomic E-state index is -0.194. The molecule has 1 fully saturated rings. The van der Waals surface area contributed by atoms with Crippen LogP contribution >= 0.6 is 0 Å². The Bertz CT molecular complexity index is 210. The third-order valence-electron chi connectivity index (χ3n) is 2.62. The molecule has 1 aliphatic carbocycles. The van der Waals surface area contributed by atoms with Gasteiger partial charge in [0.2, 0.25) is 0 Å². The summed E-state index contributed by atoms with van der Waals surface area (Å²) in [6, 6.07) is 0. The minimum Gasteiger partial charge on any atom is -0.466 e. The van der Waals surface area contributed by atoms with Gasteiger partial charge in [0.15, 0.2) is 0 Å². The average molecular weight is 184 g/mol. The van der Waals surface area contributed by atoms with Crippen LogP contribution in [-0.4, -0.2) is 18.4 Å². The number of hydrogen-bond acceptors (Lipinski definition) is 3. The molecule has 1 aliphatic rings. The maximum Gasteiger partial charge on any atom is 0.309 e. The van der Waals surface area contributed by atoms with Crippen molar-refractivity contribution in [3.05, 3.63) is 0 Å². The van der Waals surface area contributed by atoms with Gasteiger partial charge in [-0.3, -0.25) is 9.59 Å². The molecule has 0 amide bonds.